The number of carbonyl (C=O) groups is 2. The molecule has 1 fully saturated rings. The Morgan fingerprint density at radius 3 is 2.95 bits per heavy atom. The third kappa shape index (κ3) is 4.92. The molecular formula is C14H23N3O2. The minimum absolute atomic E-state index is 0.0507. The number of carbonyl (C=O) groups excluding carboxylic acids is 2. The van der Waals surface area contributed by atoms with Gasteiger partial charge in [-0.1, -0.05) is 0 Å². The maximum Gasteiger partial charge on any atom is 0.244 e. The molecule has 1 atom stereocenters. The van der Waals surface area contributed by atoms with Crippen molar-refractivity contribution in [1.29, 1.82) is 0 Å². The van der Waals surface area contributed by atoms with Gasteiger partial charge in [0, 0.05) is 39.0 Å². The van der Waals surface area contributed by atoms with Crippen LogP contribution >= 0.6 is 0 Å². The summed E-state index contributed by atoms with van der Waals surface area (Å²) >= 11 is 0. The van der Waals surface area contributed by atoms with Crippen molar-refractivity contribution in [1.82, 2.24) is 15.5 Å². The second-order valence-electron chi connectivity index (χ2n) is 4.61. The standard InChI is InChI=1S/C14H23N3O2/c1-3-5-6-7-8-13(18)17-10-9-15-11-12(17)14(19)16-4-2/h1,12,15H,4-11H2,2H3,(H,16,19). The molecular weight excluding hydrogens is 242 g/mol. The maximum absolute atomic E-state index is 12.1. The van der Waals surface area contributed by atoms with Crippen LogP contribution in [0.4, 0.5) is 0 Å². The van der Waals surface area contributed by atoms with E-state index in [1.54, 1.807) is 4.90 Å². The molecule has 106 valence electrons. The van der Waals surface area contributed by atoms with E-state index in [-0.39, 0.29) is 17.9 Å². The first-order chi connectivity index (χ1) is 9.20. The Bertz CT molecular complexity index is 349. The smallest absolute Gasteiger partial charge is 0.244 e. The summed E-state index contributed by atoms with van der Waals surface area (Å²) in [6.45, 7) is 4.32. The van der Waals surface area contributed by atoms with E-state index >= 15 is 0 Å². The van der Waals surface area contributed by atoms with Crippen molar-refractivity contribution < 1.29 is 9.59 Å². The van der Waals surface area contributed by atoms with Crippen LogP contribution < -0.4 is 10.6 Å². The Balaban J connectivity index is 2.49. The van der Waals surface area contributed by atoms with Crippen molar-refractivity contribution in [2.75, 3.05) is 26.2 Å². The molecule has 1 aliphatic heterocycles. The van der Waals surface area contributed by atoms with Gasteiger partial charge in [0.25, 0.3) is 0 Å². The van der Waals surface area contributed by atoms with Crippen LogP contribution in [-0.2, 0) is 9.59 Å². The first-order valence-electron chi connectivity index (χ1n) is 6.92. The number of amides is 2. The summed E-state index contributed by atoms with van der Waals surface area (Å²) in [5.41, 5.74) is 0. The number of hydrogen-bond acceptors (Lipinski definition) is 3. The number of piperazine rings is 1. The lowest BCUT2D eigenvalue weighted by Gasteiger charge is -2.35. The lowest BCUT2D eigenvalue weighted by Crippen LogP contribution is -2.59. The summed E-state index contributed by atoms with van der Waals surface area (Å²) < 4.78 is 0. The second kappa shape index (κ2) is 8.54. The molecule has 0 aliphatic carbocycles. The normalized spacial score (nSPS) is 18.7. The third-order valence-corrected chi connectivity index (χ3v) is 3.18. The van der Waals surface area contributed by atoms with Crippen LogP contribution in [0.15, 0.2) is 0 Å². The highest BCUT2D eigenvalue weighted by atomic mass is 16.2. The molecule has 0 bridgehead atoms. The van der Waals surface area contributed by atoms with Gasteiger partial charge in [0.05, 0.1) is 0 Å². The number of nitrogens with zero attached hydrogens (tertiary/aromatic N) is 1. The van der Waals surface area contributed by atoms with E-state index < -0.39 is 0 Å². The molecule has 1 unspecified atom stereocenters. The maximum atomic E-state index is 12.1. The lowest BCUT2D eigenvalue weighted by atomic mass is 10.1. The number of rotatable bonds is 6. The molecule has 0 radical (unpaired) electrons. The quantitative estimate of drug-likeness (QED) is 0.529. The molecule has 1 aliphatic rings. The molecule has 19 heavy (non-hydrogen) atoms. The van der Waals surface area contributed by atoms with Crippen molar-refractivity contribution in [2.45, 2.75) is 38.6 Å². The molecule has 1 saturated heterocycles. The van der Waals surface area contributed by atoms with Crippen LogP contribution in [0.1, 0.15) is 32.6 Å². The first kappa shape index (κ1) is 15.5. The molecule has 0 aromatic heterocycles. The number of likely N-dealkylation sites (N-methyl/N-ethyl adjacent to an activating group) is 1. The van der Waals surface area contributed by atoms with Gasteiger partial charge in [-0.3, -0.25) is 9.59 Å². The van der Waals surface area contributed by atoms with Crippen LogP contribution in [0.2, 0.25) is 0 Å². The van der Waals surface area contributed by atoms with Crippen molar-refractivity contribution in [2.24, 2.45) is 0 Å². The number of unbranched alkanes of at least 4 members (excludes halogenated alkanes) is 2. The van der Waals surface area contributed by atoms with Crippen LogP contribution in [0, 0.1) is 12.3 Å². The van der Waals surface area contributed by atoms with Crippen molar-refractivity contribution in [3.8, 4) is 12.3 Å². The fourth-order valence-corrected chi connectivity index (χ4v) is 2.18. The fraction of sp³-hybridized carbons (Fsp3) is 0.714. The van der Waals surface area contributed by atoms with E-state index in [0.717, 1.165) is 19.4 Å². The van der Waals surface area contributed by atoms with Gasteiger partial charge >= 0.3 is 0 Å². The molecule has 5 nitrogen and oxygen atoms in total. The van der Waals surface area contributed by atoms with Gasteiger partial charge < -0.3 is 15.5 Å². The molecule has 5 heteroatoms. The van der Waals surface area contributed by atoms with Gasteiger partial charge in [-0.25, -0.2) is 0 Å². The molecule has 0 spiro atoms. The Labute approximate surface area is 115 Å². The van der Waals surface area contributed by atoms with Crippen molar-refractivity contribution in [3.63, 3.8) is 0 Å². The van der Waals surface area contributed by atoms with Crippen molar-refractivity contribution in [3.05, 3.63) is 0 Å². The summed E-state index contributed by atoms with van der Waals surface area (Å²) in [7, 11) is 0. The predicted molar refractivity (Wildman–Crippen MR) is 74.4 cm³/mol. The van der Waals surface area contributed by atoms with E-state index in [0.29, 0.717) is 32.5 Å². The second-order valence-corrected chi connectivity index (χ2v) is 4.61. The molecule has 0 aromatic rings. The molecule has 2 N–H and O–H groups in total. The number of hydrogen-bond donors (Lipinski definition) is 2. The van der Waals surface area contributed by atoms with Gasteiger partial charge in [0.15, 0.2) is 0 Å². The average Bonchev–Trinajstić information content (AvgIpc) is 2.43. The number of terminal acetylenes is 1. The zero-order valence-corrected chi connectivity index (χ0v) is 11.6. The average molecular weight is 265 g/mol. The Hall–Kier alpha value is -1.54. The Kier molecular flexibility index (Phi) is 6.98. The van der Waals surface area contributed by atoms with Gasteiger partial charge in [-0.05, 0) is 19.8 Å². The summed E-state index contributed by atoms with van der Waals surface area (Å²) in [6.07, 6.45) is 8.00. The summed E-state index contributed by atoms with van der Waals surface area (Å²) in [5, 5.41) is 5.93. The zero-order valence-electron chi connectivity index (χ0n) is 11.6. The van der Waals surface area contributed by atoms with E-state index in [2.05, 4.69) is 16.6 Å². The van der Waals surface area contributed by atoms with Crippen LogP contribution in [0.25, 0.3) is 0 Å². The van der Waals surface area contributed by atoms with Gasteiger partial charge in [0.2, 0.25) is 11.8 Å². The molecule has 1 heterocycles. The van der Waals surface area contributed by atoms with E-state index in [9.17, 15) is 9.59 Å². The van der Waals surface area contributed by atoms with Crippen LogP contribution in [0.3, 0.4) is 0 Å². The Morgan fingerprint density at radius 2 is 2.26 bits per heavy atom. The highest BCUT2D eigenvalue weighted by Crippen LogP contribution is 2.09. The fourth-order valence-electron chi connectivity index (χ4n) is 2.18. The lowest BCUT2D eigenvalue weighted by molar-refractivity contribution is -0.141. The summed E-state index contributed by atoms with van der Waals surface area (Å²) in [4.78, 5) is 25.8. The summed E-state index contributed by atoms with van der Waals surface area (Å²) in [5.74, 6) is 2.54. The molecule has 1 rings (SSSR count). The van der Waals surface area contributed by atoms with Crippen molar-refractivity contribution >= 4 is 11.8 Å². The minimum atomic E-state index is -0.381. The van der Waals surface area contributed by atoms with E-state index in [4.69, 9.17) is 6.42 Å². The first-order valence-corrected chi connectivity index (χ1v) is 6.92. The van der Waals surface area contributed by atoms with E-state index in [1.807, 2.05) is 6.92 Å². The van der Waals surface area contributed by atoms with Gasteiger partial charge in [-0.15, -0.1) is 12.3 Å². The van der Waals surface area contributed by atoms with E-state index in [1.165, 1.54) is 0 Å². The largest absolute Gasteiger partial charge is 0.355 e. The highest BCUT2D eigenvalue weighted by molar-refractivity contribution is 5.88. The zero-order chi connectivity index (χ0) is 14.1. The monoisotopic (exact) mass is 265 g/mol. The SMILES string of the molecule is C#CCCCCC(=O)N1CCNCC1C(=O)NCC. The third-order valence-electron chi connectivity index (χ3n) is 3.18. The Morgan fingerprint density at radius 1 is 1.47 bits per heavy atom. The predicted octanol–water partition coefficient (Wildman–Crippen LogP) is 0.117. The number of nitrogens with one attached hydrogen (secondary N) is 2. The highest BCUT2D eigenvalue weighted by Gasteiger charge is 2.31. The van der Waals surface area contributed by atoms with Crippen LogP contribution in [0.5, 0.6) is 0 Å². The molecule has 2 amide bonds. The van der Waals surface area contributed by atoms with Gasteiger partial charge in [-0.2, -0.15) is 0 Å². The van der Waals surface area contributed by atoms with Crippen LogP contribution in [-0.4, -0.2) is 48.9 Å². The topological polar surface area (TPSA) is 61.4 Å². The molecule has 0 aromatic carbocycles. The molecule has 0 saturated carbocycles. The van der Waals surface area contributed by atoms with Gasteiger partial charge in [0.1, 0.15) is 6.04 Å². The summed E-state index contributed by atoms with van der Waals surface area (Å²) in [6, 6.07) is -0.381. The minimum Gasteiger partial charge on any atom is -0.355 e.